The summed E-state index contributed by atoms with van der Waals surface area (Å²) in [5, 5.41) is 3.10. The lowest BCUT2D eigenvalue weighted by molar-refractivity contribution is 0.0915. The summed E-state index contributed by atoms with van der Waals surface area (Å²) in [6.07, 6.45) is 4.54. The average molecular weight is 337 g/mol. The van der Waals surface area contributed by atoms with Crippen LogP contribution in [-0.4, -0.2) is 51.4 Å². The molecule has 7 heteroatoms. The van der Waals surface area contributed by atoms with Crippen molar-refractivity contribution in [2.45, 2.75) is 42.7 Å². The number of amides is 1. The van der Waals surface area contributed by atoms with Gasteiger partial charge >= 0.3 is 0 Å². The van der Waals surface area contributed by atoms with Crippen LogP contribution in [0.4, 0.5) is 0 Å². The first-order chi connectivity index (χ1) is 11.0. The fourth-order valence-corrected chi connectivity index (χ4v) is 4.37. The van der Waals surface area contributed by atoms with Crippen LogP contribution in [-0.2, 0) is 10.0 Å². The molecule has 1 aromatic rings. The molecule has 3 rings (SSSR count). The Kier molecular flexibility index (Phi) is 4.70. The van der Waals surface area contributed by atoms with Gasteiger partial charge in [-0.25, -0.2) is 13.1 Å². The molecule has 2 aliphatic rings. The third-order valence-corrected chi connectivity index (χ3v) is 6.26. The lowest BCUT2D eigenvalue weighted by atomic mass is 9.99. The minimum atomic E-state index is -3.54. The van der Waals surface area contributed by atoms with Crippen LogP contribution in [0.15, 0.2) is 29.2 Å². The van der Waals surface area contributed by atoms with Crippen LogP contribution in [0.3, 0.4) is 0 Å². The largest absolute Gasteiger partial charge is 0.348 e. The summed E-state index contributed by atoms with van der Waals surface area (Å²) in [4.78, 5) is 15.1. The van der Waals surface area contributed by atoms with Gasteiger partial charge in [0.25, 0.3) is 5.91 Å². The second kappa shape index (κ2) is 6.59. The zero-order chi connectivity index (χ0) is 16.4. The van der Waals surface area contributed by atoms with Crippen molar-refractivity contribution in [3.05, 3.63) is 29.8 Å². The Morgan fingerprint density at radius 3 is 2.83 bits per heavy atom. The molecule has 0 spiro atoms. The first kappa shape index (κ1) is 16.4. The Balaban J connectivity index is 1.73. The smallest absolute Gasteiger partial charge is 0.251 e. The fraction of sp³-hybridized carbons (Fsp3) is 0.562. The summed E-state index contributed by atoms with van der Waals surface area (Å²) >= 11 is 0. The summed E-state index contributed by atoms with van der Waals surface area (Å²) in [6.45, 7) is 2.15. The van der Waals surface area contributed by atoms with Crippen LogP contribution in [0, 0.1) is 0 Å². The van der Waals surface area contributed by atoms with Crippen LogP contribution >= 0.6 is 0 Å². The summed E-state index contributed by atoms with van der Waals surface area (Å²) in [7, 11) is -2.18. The molecule has 0 bridgehead atoms. The second-order valence-electron chi connectivity index (χ2n) is 6.20. The second-order valence-corrected chi connectivity index (χ2v) is 8.09. The maximum absolute atomic E-state index is 12.5. The monoisotopic (exact) mass is 337 g/mol. The van der Waals surface area contributed by atoms with Gasteiger partial charge in [0.1, 0.15) is 0 Å². The van der Waals surface area contributed by atoms with Gasteiger partial charge in [0.2, 0.25) is 10.0 Å². The Bertz CT molecular complexity index is 690. The van der Waals surface area contributed by atoms with Gasteiger partial charge < -0.3 is 5.32 Å². The molecule has 1 amide bonds. The highest BCUT2D eigenvalue weighted by Gasteiger charge is 2.36. The number of fused-ring (bicyclic) bond motifs is 1. The van der Waals surface area contributed by atoms with Crippen LogP contribution in [0.1, 0.15) is 36.0 Å². The van der Waals surface area contributed by atoms with Crippen LogP contribution < -0.4 is 10.0 Å². The lowest BCUT2D eigenvalue weighted by Crippen LogP contribution is -2.46. The molecular weight excluding hydrogens is 314 g/mol. The SMILES string of the molecule is CNS(=O)(=O)c1cccc(C(=O)N[C@H]2CCN3CCCC[C@@H]23)c1. The Morgan fingerprint density at radius 2 is 2.04 bits per heavy atom. The van der Waals surface area contributed by atoms with E-state index in [0.717, 1.165) is 25.9 Å². The maximum Gasteiger partial charge on any atom is 0.251 e. The van der Waals surface area contributed by atoms with Crippen molar-refractivity contribution in [1.29, 1.82) is 0 Å². The van der Waals surface area contributed by atoms with E-state index in [1.54, 1.807) is 12.1 Å². The van der Waals surface area contributed by atoms with Gasteiger partial charge in [-0.15, -0.1) is 0 Å². The van der Waals surface area contributed by atoms with Gasteiger partial charge in [0, 0.05) is 24.2 Å². The van der Waals surface area contributed by atoms with E-state index in [1.807, 2.05) is 0 Å². The van der Waals surface area contributed by atoms with Crippen molar-refractivity contribution in [2.24, 2.45) is 0 Å². The third kappa shape index (κ3) is 3.41. The summed E-state index contributed by atoms with van der Waals surface area (Å²) in [5.41, 5.74) is 0.385. The number of sulfonamides is 1. The molecule has 6 nitrogen and oxygen atoms in total. The van der Waals surface area contributed by atoms with Crippen molar-refractivity contribution in [3.8, 4) is 0 Å². The highest BCUT2D eigenvalue weighted by atomic mass is 32.2. The number of benzene rings is 1. The molecule has 2 atom stereocenters. The van der Waals surface area contributed by atoms with Crippen LogP contribution in [0.2, 0.25) is 0 Å². The number of piperidine rings is 1. The summed E-state index contributed by atoms with van der Waals surface area (Å²) in [6, 6.07) is 6.75. The van der Waals surface area contributed by atoms with Gasteiger partial charge in [-0.2, -0.15) is 0 Å². The zero-order valence-corrected chi connectivity index (χ0v) is 14.1. The van der Waals surface area contributed by atoms with E-state index >= 15 is 0 Å². The Labute approximate surface area is 137 Å². The molecule has 2 fully saturated rings. The van der Waals surface area contributed by atoms with Gasteiger partial charge in [0.15, 0.2) is 0 Å². The number of nitrogens with one attached hydrogen (secondary N) is 2. The predicted octanol–water partition coefficient (Wildman–Crippen LogP) is 0.951. The van der Waals surface area contributed by atoms with E-state index < -0.39 is 10.0 Å². The average Bonchev–Trinajstić information content (AvgIpc) is 2.98. The number of hydrogen-bond acceptors (Lipinski definition) is 4. The molecule has 2 aliphatic heterocycles. The maximum atomic E-state index is 12.5. The van der Waals surface area contributed by atoms with Crippen molar-refractivity contribution in [1.82, 2.24) is 14.9 Å². The number of hydrogen-bond donors (Lipinski definition) is 2. The molecule has 2 saturated heterocycles. The quantitative estimate of drug-likeness (QED) is 0.857. The highest BCUT2D eigenvalue weighted by molar-refractivity contribution is 7.89. The van der Waals surface area contributed by atoms with Crippen LogP contribution in [0.25, 0.3) is 0 Å². The predicted molar refractivity (Wildman–Crippen MR) is 87.8 cm³/mol. The molecule has 0 aromatic heterocycles. The van der Waals surface area contributed by atoms with Crippen molar-refractivity contribution < 1.29 is 13.2 Å². The molecule has 1 aromatic carbocycles. The third-order valence-electron chi connectivity index (χ3n) is 4.85. The molecule has 23 heavy (non-hydrogen) atoms. The number of nitrogens with zero attached hydrogens (tertiary/aromatic N) is 1. The minimum Gasteiger partial charge on any atom is -0.348 e. The van der Waals surface area contributed by atoms with Gasteiger partial charge in [-0.1, -0.05) is 12.5 Å². The van der Waals surface area contributed by atoms with Crippen LogP contribution in [0.5, 0.6) is 0 Å². The van der Waals surface area contributed by atoms with E-state index in [9.17, 15) is 13.2 Å². The summed E-state index contributed by atoms with van der Waals surface area (Å²) < 4.78 is 26.0. The van der Waals surface area contributed by atoms with Gasteiger partial charge in [-0.3, -0.25) is 9.69 Å². The standard InChI is InChI=1S/C16H23N3O3S/c1-17-23(21,22)13-6-4-5-12(11-13)16(20)18-14-8-10-19-9-3-2-7-15(14)19/h4-6,11,14-15,17H,2-3,7-10H2,1H3,(H,18,20)/t14-,15-/m0/s1. The van der Waals surface area contributed by atoms with Crippen molar-refractivity contribution >= 4 is 15.9 Å². The molecule has 126 valence electrons. The molecule has 2 N–H and O–H groups in total. The minimum absolute atomic E-state index is 0.110. The number of carbonyl (C=O) groups excluding carboxylic acids is 1. The molecule has 0 saturated carbocycles. The van der Waals surface area contributed by atoms with Gasteiger partial charge in [0.05, 0.1) is 4.90 Å². The lowest BCUT2D eigenvalue weighted by Gasteiger charge is -2.32. The van der Waals surface area contributed by atoms with E-state index in [-0.39, 0.29) is 16.8 Å². The molecule has 2 heterocycles. The molecule has 0 radical (unpaired) electrons. The van der Waals surface area contributed by atoms with E-state index in [2.05, 4.69) is 14.9 Å². The number of carbonyl (C=O) groups is 1. The van der Waals surface area contributed by atoms with E-state index in [0.29, 0.717) is 11.6 Å². The van der Waals surface area contributed by atoms with Gasteiger partial charge in [-0.05, 0) is 51.1 Å². The van der Waals surface area contributed by atoms with Crippen molar-refractivity contribution in [2.75, 3.05) is 20.1 Å². The molecular formula is C16H23N3O3S. The first-order valence-electron chi connectivity index (χ1n) is 8.10. The van der Waals surface area contributed by atoms with E-state index in [4.69, 9.17) is 0 Å². The van der Waals surface area contributed by atoms with Crippen molar-refractivity contribution in [3.63, 3.8) is 0 Å². The fourth-order valence-electron chi connectivity index (χ4n) is 3.59. The zero-order valence-electron chi connectivity index (χ0n) is 13.3. The molecule has 0 unspecified atom stereocenters. The molecule has 0 aliphatic carbocycles. The van der Waals surface area contributed by atoms with E-state index in [1.165, 1.54) is 32.0 Å². The Hall–Kier alpha value is -1.44. The topological polar surface area (TPSA) is 78.5 Å². The normalized spacial score (nSPS) is 25.1. The highest BCUT2D eigenvalue weighted by Crippen LogP contribution is 2.27. The summed E-state index contributed by atoms with van der Waals surface area (Å²) in [5.74, 6) is -0.199. The number of rotatable bonds is 4. The Morgan fingerprint density at radius 1 is 1.22 bits per heavy atom. The first-order valence-corrected chi connectivity index (χ1v) is 9.58.